The van der Waals surface area contributed by atoms with Crippen molar-refractivity contribution in [3.05, 3.63) is 50.7 Å². The maximum absolute atomic E-state index is 13.0. The summed E-state index contributed by atoms with van der Waals surface area (Å²) in [6.07, 6.45) is -0.712. The topological polar surface area (TPSA) is 104 Å². The maximum atomic E-state index is 13.0. The molecule has 1 unspecified atom stereocenters. The number of hydrogen-bond donors (Lipinski definition) is 1. The van der Waals surface area contributed by atoms with Gasteiger partial charge in [-0.3, -0.25) is 14.2 Å². The van der Waals surface area contributed by atoms with Crippen LogP contribution in [0.1, 0.15) is 77.7 Å². The van der Waals surface area contributed by atoms with Crippen molar-refractivity contribution >= 4 is 11.8 Å². The lowest BCUT2D eigenvalue weighted by atomic mass is 10.1. The molecule has 0 aliphatic heterocycles. The molecule has 1 atom stereocenters. The number of carbonyl (C=O) groups excluding carboxylic acids is 1. The summed E-state index contributed by atoms with van der Waals surface area (Å²) >= 11 is 0. The number of ether oxygens (including phenoxy) is 2. The number of rotatable bonds is 18. The highest BCUT2D eigenvalue weighted by molar-refractivity contribution is 5.68. The van der Waals surface area contributed by atoms with E-state index in [0.717, 1.165) is 40.5 Å². The second-order valence-electron chi connectivity index (χ2n) is 9.73. The van der Waals surface area contributed by atoms with Gasteiger partial charge in [0.2, 0.25) is 5.82 Å². The Hall–Kier alpha value is -3.31. The lowest BCUT2D eigenvalue weighted by Gasteiger charge is -2.16. The van der Waals surface area contributed by atoms with E-state index in [1.165, 1.54) is 0 Å². The number of benzene rings is 1. The molecule has 0 spiro atoms. The predicted molar refractivity (Wildman–Crippen MR) is 147 cm³/mol. The highest BCUT2D eigenvalue weighted by Crippen LogP contribution is 2.21. The fourth-order valence-corrected chi connectivity index (χ4v) is 4.00. The summed E-state index contributed by atoms with van der Waals surface area (Å²) < 4.78 is 50.9. The molecule has 12 heteroatoms. The molecule has 0 aliphatic carbocycles. The van der Waals surface area contributed by atoms with Gasteiger partial charge in [-0.15, -0.1) is 5.10 Å². The standard InChI is InChI=1S/C28H41F3N4O5/c1-4-6-7-8-9-17-34-26(37)25(33-35(27(34)38)18-11-15-28(29,30)31)32-16-14-22-12-10-13-23(19-22)40-21(3)20-39-24(36)5-2/h10,12-13,19,21H,4-9,11,14-18,20H2,1-3H3,(H,32,33). The first-order chi connectivity index (χ1) is 19.0. The average Bonchev–Trinajstić information content (AvgIpc) is 2.90. The molecule has 0 bridgehead atoms. The quantitative estimate of drug-likeness (QED) is 0.197. The first-order valence-corrected chi connectivity index (χ1v) is 14.0. The molecule has 40 heavy (non-hydrogen) atoms. The normalized spacial score (nSPS) is 12.2. The van der Waals surface area contributed by atoms with Gasteiger partial charge in [0.25, 0.3) is 5.56 Å². The van der Waals surface area contributed by atoms with Crippen molar-refractivity contribution in [2.45, 2.75) is 104 Å². The van der Waals surface area contributed by atoms with Crippen LogP contribution in [0.2, 0.25) is 0 Å². The largest absolute Gasteiger partial charge is 0.487 e. The molecule has 224 valence electrons. The van der Waals surface area contributed by atoms with E-state index in [1.54, 1.807) is 19.9 Å². The Kier molecular flexibility index (Phi) is 13.7. The second kappa shape index (κ2) is 16.7. The number of aromatic nitrogens is 3. The van der Waals surface area contributed by atoms with Crippen LogP contribution in [0.3, 0.4) is 0 Å². The van der Waals surface area contributed by atoms with E-state index in [4.69, 9.17) is 9.47 Å². The van der Waals surface area contributed by atoms with Crippen LogP contribution in [-0.2, 0) is 29.0 Å². The number of carbonyl (C=O) groups is 1. The third-order valence-electron chi connectivity index (χ3n) is 6.15. The van der Waals surface area contributed by atoms with Crippen molar-refractivity contribution in [3.8, 4) is 5.75 Å². The van der Waals surface area contributed by atoms with Gasteiger partial charge in [0.1, 0.15) is 18.5 Å². The SMILES string of the molecule is CCCCCCCn1c(=O)c(NCCc2cccc(OC(C)COC(=O)CC)c2)nn(CCCC(F)(F)F)c1=O. The zero-order valence-corrected chi connectivity index (χ0v) is 23.6. The summed E-state index contributed by atoms with van der Waals surface area (Å²) in [5.41, 5.74) is -0.380. The summed E-state index contributed by atoms with van der Waals surface area (Å²) in [6.45, 7) is 5.97. The highest BCUT2D eigenvalue weighted by atomic mass is 19.4. The molecule has 0 radical (unpaired) electrons. The van der Waals surface area contributed by atoms with E-state index in [0.29, 0.717) is 31.6 Å². The van der Waals surface area contributed by atoms with E-state index in [9.17, 15) is 27.6 Å². The number of halogens is 3. The van der Waals surface area contributed by atoms with Gasteiger partial charge in [-0.25, -0.2) is 9.48 Å². The minimum absolute atomic E-state index is 0.0704. The Morgan fingerprint density at radius 3 is 2.52 bits per heavy atom. The van der Waals surface area contributed by atoms with Gasteiger partial charge in [-0.1, -0.05) is 51.7 Å². The third kappa shape index (κ3) is 11.8. The van der Waals surface area contributed by atoms with E-state index >= 15 is 0 Å². The van der Waals surface area contributed by atoms with Crippen molar-refractivity contribution in [1.82, 2.24) is 14.3 Å². The van der Waals surface area contributed by atoms with Crippen LogP contribution in [0, 0.1) is 0 Å². The summed E-state index contributed by atoms with van der Waals surface area (Å²) in [7, 11) is 0. The molecule has 0 saturated heterocycles. The van der Waals surface area contributed by atoms with Crippen LogP contribution in [0.15, 0.2) is 33.9 Å². The van der Waals surface area contributed by atoms with Crippen molar-refractivity contribution in [2.75, 3.05) is 18.5 Å². The van der Waals surface area contributed by atoms with E-state index < -0.39 is 23.8 Å². The van der Waals surface area contributed by atoms with Gasteiger partial charge in [-0.05, 0) is 43.9 Å². The molecular weight excluding hydrogens is 529 g/mol. The van der Waals surface area contributed by atoms with E-state index in [2.05, 4.69) is 17.3 Å². The smallest absolute Gasteiger partial charge is 0.389 e. The predicted octanol–water partition coefficient (Wildman–Crippen LogP) is 5.09. The van der Waals surface area contributed by atoms with Gasteiger partial charge >= 0.3 is 17.8 Å². The summed E-state index contributed by atoms with van der Waals surface area (Å²) in [4.78, 5) is 37.2. The lowest BCUT2D eigenvalue weighted by Crippen LogP contribution is -2.43. The number of unbranched alkanes of at least 4 members (excludes halogenated alkanes) is 4. The van der Waals surface area contributed by atoms with Crippen LogP contribution < -0.4 is 21.3 Å². The van der Waals surface area contributed by atoms with Gasteiger partial charge in [0, 0.05) is 32.5 Å². The number of anilines is 1. The molecule has 0 aliphatic rings. The molecular formula is C28H41F3N4O5. The Bertz CT molecular complexity index is 1180. The fourth-order valence-electron chi connectivity index (χ4n) is 4.00. The number of alkyl halides is 3. The molecule has 0 amide bonds. The number of esters is 1. The van der Waals surface area contributed by atoms with Crippen molar-refractivity contribution in [1.29, 1.82) is 0 Å². The Labute approximate surface area is 232 Å². The van der Waals surface area contributed by atoms with Gasteiger partial charge in [-0.2, -0.15) is 13.2 Å². The first-order valence-electron chi connectivity index (χ1n) is 14.0. The molecule has 0 fully saturated rings. The fraction of sp³-hybridized carbons (Fsp3) is 0.643. The molecule has 9 nitrogen and oxygen atoms in total. The zero-order valence-electron chi connectivity index (χ0n) is 23.6. The molecule has 0 saturated carbocycles. The average molecular weight is 571 g/mol. The van der Waals surface area contributed by atoms with Crippen LogP contribution in [-0.4, -0.2) is 45.7 Å². The van der Waals surface area contributed by atoms with Gasteiger partial charge in [0.15, 0.2) is 0 Å². The van der Waals surface area contributed by atoms with Crippen LogP contribution in [0.25, 0.3) is 0 Å². The molecule has 1 N–H and O–H groups in total. The van der Waals surface area contributed by atoms with E-state index in [1.807, 2.05) is 18.2 Å². The number of aryl methyl sites for hydroxylation is 1. The first kappa shape index (κ1) is 32.9. The number of nitrogens with one attached hydrogen (secondary N) is 1. The minimum atomic E-state index is -4.34. The Balaban J connectivity index is 2.08. The summed E-state index contributed by atoms with van der Waals surface area (Å²) in [6, 6.07) is 7.32. The minimum Gasteiger partial charge on any atom is -0.487 e. The molecule has 1 heterocycles. The van der Waals surface area contributed by atoms with Crippen LogP contribution in [0.5, 0.6) is 5.75 Å². The zero-order chi connectivity index (χ0) is 29.5. The Morgan fingerprint density at radius 1 is 1.07 bits per heavy atom. The van der Waals surface area contributed by atoms with Crippen LogP contribution >= 0.6 is 0 Å². The lowest BCUT2D eigenvalue weighted by molar-refractivity contribution is -0.145. The van der Waals surface area contributed by atoms with Crippen molar-refractivity contribution in [3.63, 3.8) is 0 Å². The molecule has 2 rings (SSSR count). The van der Waals surface area contributed by atoms with Crippen molar-refractivity contribution < 1.29 is 27.4 Å². The number of hydrogen-bond acceptors (Lipinski definition) is 7. The molecule has 1 aromatic carbocycles. The summed E-state index contributed by atoms with van der Waals surface area (Å²) in [5.74, 6) is 0.226. The maximum Gasteiger partial charge on any atom is 0.389 e. The van der Waals surface area contributed by atoms with Gasteiger partial charge in [0.05, 0.1) is 0 Å². The van der Waals surface area contributed by atoms with Gasteiger partial charge < -0.3 is 14.8 Å². The molecule has 2 aromatic rings. The van der Waals surface area contributed by atoms with Crippen LogP contribution in [0.4, 0.5) is 19.0 Å². The Morgan fingerprint density at radius 2 is 1.82 bits per heavy atom. The van der Waals surface area contributed by atoms with E-state index in [-0.39, 0.29) is 44.0 Å². The molecule has 1 aromatic heterocycles. The highest BCUT2D eigenvalue weighted by Gasteiger charge is 2.26. The monoisotopic (exact) mass is 570 g/mol. The number of nitrogens with zero attached hydrogens (tertiary/aromatic N) is 3. The van der Waals surface area contributed by atoms with Crippen molar-refractivity contribution in [2.24, 2.45) is 0 Å². The third-order valence-corrected chi connectivity index (χ3v) is 6.15. The second-order valence-corrected chi connectivity index (χ2v) is 9.73. The summed E-state index contributed by atoms with van der Waals surface area (Å²) in [5, 5.41) is 7.03.